The van der Waals surface area contributed by atoms with Gasteiger partial charge in [-0.2, -0.15) is 0 Å². The van der Waals surface area contributed by atoms with Crippen molar-refractivity contribution in [2.24, 2.45) is 5.92 Å². The molecule has 3 saturated heterocycles. The summed E-state index contributed by atoms with van der Waals surface area (Å²) in [6.45, 7) is 14.9. The topological polar surface area (TPSA) is 12.5 Å². The first-order valence-electron chi connectivity index (χ1n) is 7.26. The highest BCUT2D eigenvalue weighted by Crippen LogP contribution is 2.39. The summed E-state index contributed by atoms with van der Waals surface area (Å²) in [5.41, 5.74) is 2.75. The van der Waals surface area contributed by atoms with E-state index in [1.165, 1.54) is 37.1 Å². The van der Waals surface area contributed by atoms with Crippen molar-refractivity contribution in [3.8, 4) is 0 Å². The van der Waals surface area contributed by atoms with Crippen LogP contribution in [-0.2, 0) is 4.74 Å². The molecule has 3 aliphatic rings. The standard InChI is InChI=1S/C16H27NO/c1-5-14(13(3)4)11-18-16(6-2)12-17-9-7-15(16)8-10-17/h6,15H,2,5,7-12H2,1,3-4H3/t16-/m0/s1. The summed E-state index contributed by atoms with van der Waals surface area (Å²) in [6, 6.07) is 0. The zero-order valence-corrected chi connectivity index (χ0v) is 12.2. The van der Waals surface area contributed by atoms with Crippen molar-refractivity contribution >= 4 is 0 Å². The molecule has 0 unspecified atom stereocenters. The molecule has 0 aromatic heterocycles. The van der Waals surface area contributed by atoms with Gasteiger partial charge < -0.3 is 9.64 Å². The van der Waals surface area contributed by atoms with Gasteiger partial charge in [-0.3, -0.25) is 0 Å². The van der Waals surface area contributed by atoms with Crippen LogP contribution in [-0.4, -0.2) is 36.7 Å². The smallest absolute Gasteiger partial charge is 0.102 e. The van der Waals surface area contributed by atoms with E-state index in [2.05, 4.69) is 38.3 Å². The summed E-state index contributed by atoms with van der Waals surface area (Å²) in [5.74, 6) is 0.676. The maximum atomic E-state index is 6.35. The van der Waals surface area contributed by atoms with Crippen LogP contribution in [0.5, 0.6) is 0 Å². The number of piperidine rings is 3. The van der Waals surface area contributed by atoms with Gasteiger partial charge in [-0.05, 0) is 57.7 Å². The van der Waals surface area contributed by atoms with Crippen molar-refractivity contribution in [2.75, 3.05) is 26.2 Å². The molecule has 3 rings (SSSR count). The fraction of sp³-hybridized carbons (Fsp3) is 0.750. The number of fused-ring (bicyclic) bond motifs is 3. The molecule has 1 atom stereocenters. The summed E-state index contributed by atoms with van der Waals surface area (Å²) < 4.78 is 6.35. The number of ether oxygens (including phenoxy) is 1. The van der Waals surface area contributed by atoms with Crippen molar-refractivity contribution in [1.29, 1.82) is 0 Å². The largest absolute Gasteiger partial charge is 0.365 e. The molecule has 2 heteroatoms. The molecule has 3 fully saturated rings. The SMILES string of the molecule is C=C[C@]1(OCC(CC)=C(C)C)CN2CCC1CC2. The summed E-state index contributed by atoms with van der Waals surface area (Å²) in [5, 5.41) is 0. The van der Waals surface area contributed by atoms with Crippen LogP contribution in [0.4, 0.5) is 0 Å². The molecule has 3 heterocycles. The fourth-order valence-electron chi connectivity index (χ4n) is 3.33. The van der Waals surface area contributed by atoms with Crippen molar-refractivity contribution < 1.29 is 4.74 Å². The Morgan fingerprint density at radius 1 is 1.39 bits per heavy atom. The van der Waals surface area contributed by atoms with Crippen LogP contribution in [0.3, 0.4) is 0 Å². The third-order valence-electron chi connectivity index (χ3n) is 4.74. The van der Waals surface area contributed by atoms with Crippen molar-refractivity contribution in [3.63, 3.8) is 0 Å². The third kappa shape index (κ3) is 2.55. The van der Waals surface area contributed by atoms with Crippen LogP contribution in [0.25, 0.3) is 0 Å². The summed E-state index contributed by atoms with van der Waals surface area (Å²) in [7, 11) is 0. The Hall–Kier alpha value is -0.600. The average Bonchev–Trinajstić information content (AvgIpc) is 2.40. The maximum absolute atomic E-state index is 6.35. The van der Waals surface area contributed by atoms with Crippen molar-refractivity contribution in [2.45, 2.75) is 45.6 Å². The van der Waals surface area contributed by atoms with Gasteiger partial charge in [0.1, 0.15) is 5.60 Å². The molecule has 0 N–H and O–H groups in total. The Balaban J connectivity index is 2.06. The molecule has 0 aliphatic carbocycles. The molecule has 18 heavy (non-hydrogen) atoms. The second-order valence-corrected chi connectivity index (χ2v) is 5.96. The lowest BCUT2D eigenvalue weighted by Gasteiger charge is -2.51. The van der Waals surface area contributed by atoms with E-state index in [0.29, 0.717) is 5.92 Å². The van der Waals surface area contributed by atoms with E-state index in [1.807, 2.05) is 0 Å². The number of rotatable bonds is 5. The highest BCUT2D eigenvalue weighted by atomic mass is 16.5. The molecule has 0 spiro atoms. The van der Waals surface area contributed by atoms with Crippen molar-refractivity contribution in [1.82, 2.24) is 4.90 Å². The molecule has 0 aromatic carbocycles. The van der Waals surface area contributed by atoms with E-state index in [4.69, 9.17) is 4.74 Å². The summed E-state index contributed by atoms with van der Waals surface area (Å²) in [4.78, 5) is 2.52. The molecule has 0 aromatic rings. The van der Waals surface area contributed by atoms with Gasteiger partial charge in [0, 0.05) is 6.54 Å². The average molecular weight is 249 g/mol. The second kappa shape index (κ2) is 5.58. The molecule has 0 amide bonds. The predicted octanol–water partition coefficient (Wildman–Crippen LogP) is 3.40. The molecule has 2 nitrogen and oxygen atoms in total. The normalized spacial score (nSPS) is 34.4. The molecule has 0 saturated carbocycles. The quantitative estimate of drug-likeness (QED) is 0.692. The van der Waals surface area contributed by atoms with Gasteiger partial charge in [0.2, 0.25) is 0 Å². The van der Waals surface area contributed by atoms with Gasteiger partial charge in [-0.25, -0.2) is 0 Å². The molecule has 2 bridgehead atoms. The van der Waals surface area contributed by atoms with Crippen LogP contribution in [0, 0.1) is 5.92 Å². The molecular formula is C16H27NO. The molecule has 0 radical (unpaired) electrons. The first-order chi connectivity index (χ1) is 8.61. The van der Waals surface area contributed by atoms with E-state index in [1.54, 1.807) is 0 Å². The van der Waals surface area contributed by atoms with E-state index >= 15 is 0 Å². The van der Waals surface area contributed by atoms with Crippen LogP contribution in [0.15, 0.2) is 23.8 Å². The van der Waals surface area contributed by atoms with Gasteiger partial charge in [0.15, 0.2) is 0 Å². The predicted molar refractivity (Wildman–Crippen MR) is 76.7 cm³/mol. The third-order valence-corrected chi connectivity index (χ3v) is 4.74. The van der Waals surface area contributed by atoms with Gasteiger partial charge in [-0.15, -0.1) is 6.58 Å². The Morgan fingerprint density at radius 3 is 2.44 bits per heavy atom. The highest BCUT2D eigenvalue weighted by molar-refractivity contribution is 5.13. The van der Waals surface area contributed by atoms with Gasteiger partial charge in [0.05, 0.1) is 6.61 Å². The maximum Gasteiger partial charge on any atom is 0.102 e. The minimum atomic E-state index is -0.0909. The van der Waals surface area contributed by atoms with Gasteiger partial charge in [0.25, 0.3) is 0 Å². The minimum Gasteiger partial charge on any atom is -0.365 e. The molecule has 102 valence electrons. The Labute approximate surface area is 112 Å². The zero-order chi connectivity index (χ0) is 13.2. The second-order valence-electron chi connectivity index (χ2n) is 5.96. The van der Waals surface area contributed by atoms with E-state index in [0.717, 1.165) is 19.6 Å². The van der Waals surface area contributed by atoms with Crippen LogP contribution in [0.1, 0.15) is 40.0 Å². The minimum absolute atomic E-state index is 0.0909. The monoisotopic (exact) mass is 249 g/mol. The Bertz CT molecular complexity index is 335. The molecular weight excluding hydrogens is 222 g/mol. The highest BCUT2D eigenvalue weighted by Gasteiger charge is 2.45. The summed E-state index contributed by atoms with van der Waals surface area (Å²) in [6.07, 6.45) is 5.69. The first kappa shape index (κ1) is 13.8. The lowest BCUT2D eigenvalue weighted by molar-refractivity contribution is -0.116. The van der Waals surface area contributed by atoms with Crippen LogP contribution in [0.2, 0.25) is 0 Å². The molecule has 3 aliphatic heterocycles. The lowest BCUT2D eigenvalue weighted by Crippen LogP contribution is -2.59. The van der Waals surface area contributed by atoms with Gasteiger partial charge >= 0.3 is 0 Å². The Morgan fingerprint density at radius 2 is 2.06 bits per heavy atom. The first-order valence-corrected chi connectivity index (χ1v) is 7.26. The summed E-state index contributed by atoms with van der Waals surface area (Å²) >= 11 is 0. The number of allylic oxidation sites excluding steroid dienone is 1. The van der Waals surface area contributed by atoms with E-state index in [-0.39, 0.29) is 5.60 Å². The van der Waals surface area contributed by atoms with Crippen molar-refractivity contribution in [3.05, 3.63) is 23.8 Å². The number of nitrogens with zero attached hydrogens (tertiary/aromatic N) is 1. The van der Waals surface area contributed by atoms with Crippen LogP contribution < -0.4 is 0 Å². The Kier molecular flexibility index (Phi) is 4.29. The zero-order valence-electron chi connectivity index (χ0n) is 12.2. The number of hydrogen-bond donors (Lipinski definition) is 0. The lowest BCUT2D eigenvalue weighted by atomic mass is 9.75. The number of hydrogen-bond acceptors (Lipinski definition) is 2. The van der Waals surface area contributed by atoms with E-state index in [9.17, 15) is 0 Å². The van der Waals surface area contributed by atoms with E-state index < -0.39 is 0 Å². The van der Waals surface area contributed by atoms with Gasteiger partial charge in [-0.1, -0.05) is 18.6 Å². The van der Waals surface area contributed by atoms with Crippen LogP contribution >= 0.6 is 0 Å². The fourth-order valence-corrected chi connectivity index (χ4v) is 3.33.